The molecule has 286 valence electrons. The molecule has 3 nitrogen and oxygen atoms in total. The zero-order chi connectivity index (χ0) is 47.2. The molecule has 61 heavy (non-hydrogen) atoms. The van der Waals surface area contributed by atoms with Crippen LogP contribution in [0.15, 0.2) is 235 Å². The molecule has 0 unspecified atom stereocenters. The highest BCUT2D eigenvalue weighted by atomic mass is 16.3. The maximum absolute atomic E-state index is 9.94. The van der Waals surface area contributed by atoms with Gasteiger partial charge >= 0.3 is 0 Å². The average Bonchev–Trinajstić information content (AvgIpc) is 3.94. The fourth-order valence-corrected chi connectivity index (χ4v) is 8.71. The van der Waals surface area contributed by atoms with Gasteiger partial charge in [-0.2, -0.15) is 0 Å². The molecular formula is C58H38N2O. The van der Waals surface area contributed by atoms with Gasteiger partial charge in [0.1, 0.15) is 11.2 Å². The van der Waals surface area contributed by atoms with Crippen molar-refractivity contribution in [1.82, 2.24) is 4.57 Å². The number of fused-ring (bicyclic) bond motifs is 8. The molecule has 0 aliphatic carbocycles. The Labute approximate surface area is 364 Å². The molecule has 0 spiro atoms. The predicted molar refractivity (Wildman–Crippen MR) is 257 cm³/mol. The van der Waals surface area contributed by atoms with Crippen LogP contribution >= 0.6 is 0 Å². The first-order valence-corrected chi connectivity index (χ1v) is 20.2. The molecule has 3 heteroatoms. The van der Waals surface area contributed by atoms with E-state index in [0.717, 1.165) is 43.7 Å². The first-order valence-electron chi connectivity index (χ1n) is 24.2. The van der Waals surface area contributed by atoms with Crippen LogP contribution in [0.1, 0.15) is 11.0 Å². The Balaban J connectivity index is 1.12. The van der Waals surface area contributed by atoms with Crippen molar-refractivity contribution in [2.45, 2.75) is 0 Å². The fourth-order valence-electron chi connectivity index (χ4n) is 8.71. The van der Waals surface area contributed by atoms with Gasteiger partial charge in [-0.25, -0.2) is 0 Å². The first-order chi connectivity index (χ1) is 33.6. The van der Waals surface area contributed by atoms with Crippen molar-refractivity contribution >= 4 is 71.6 Å². The summed E-state index contributed by atoms with van der Waals surface area (Å²) in [6, 6.07) is 54.5. The van der Waals surface area contributed by atoms with Crippen LogP contribution < -0.4 is 4.90 Å². The number of aromatic nitrogens is 1. The lowest BCUT2D eigenvalue weighted by atomic mass is 9.99. The molecule has 0 aliphatic heterocycles. The van der Waals surface area contributed by atoms with E-state index in [1.165, 1.54) is 4.90 Å². The van der Waals surface area contributed by atoms with E-state index in [0.29, 0.717) is 44.4 Å². The number of rotatable bonds is 7. The van der Waals surface area contributed by atoms with Gasteiger partial charge in [0.25, 0.3) is 0 Å². The maximum Gasteiger partial charge on any atom is 0.143 e. The van der Waals surface area contributed by atoms with Crippen LogP contribution in [0.2, 0.25) is 0 Å². The smallest absolute Gasteiger partial charge is 0.143 e. The van der Waals surface area contributed by atoms with E-state index >= 15 is 0 Å². The fraction of sp³-hybridized carbons (Fsp3) is 0. The van der Waals surface area contributed by atoms with Crippen molar-refractivity contribution < 1.29 is 15.4 Å². The zero-order valence-electron chi connectivity index (χ0n) is 40.6. The summed E-state index contributed by atoms with van der Waals surface area (Å²) in [5.41, 5.74) is 6.35. The molecule has 0 bridgehead atoms. The Bertz CT molecular complexity index is 3960. The normalized spacial score (nSPS) is 13.4. The molecule has 0 saturated heterocycles. The van der Waals surface area contributed by atoms with Crippen molar-refractivity contribution in [2.75, 3.05) is 4.90 Å². The van der Waals surface area contributed by atoms with E-state index in [2.05, 4.69) is 16.7 Å². The molecule has 10 aromatic carbocycles. The quantitative estimate of drug-likeness (QED) is 0.160. The van der Waals surface area contributed by atoms with Gasteiger partial charge in [-0.1, -0.05) is 170 Å². The van der Waals surface area contributed by atoms with Crippen LogP contribution in [0.3, 0.4) is 0 Å². The molecule has 0 N–H and O–H groups in total. The van der Waals surface area contributed by atoms with Crippen molar-refractivity contribution in [1.29, 1.82) is 0 Å². The SMILES string of the molecule is [2H]c1c([2H])c(N(c2c([2H])c([2H])c(-c3ccccc3-n3c4ccccc4c4ccccc43)c([2H])c2[2H])c2cccc3oc4c5ccccc5ccc4c23)c([2H])c([2H])c1-c1ccc(-c2ccccc2)cc1. The van der Waals surface area contributed by atoms with E-state index in [1.54, 1.807) is 36.4 Å². The van der Waals surface area contributed by atoms with Gasteiger partial charge in [0.2, 0.25) is 0 Å². The third-order valence-electron chi connectivity index (χ3n) is 11.6. The van der Waals surface area contributed by atoms with E-state index in [4.69, 9.17) is 4.42 Å². The monoisotopic (exact) mass is 786 g/mol. The Kier molecular flexibility index (Phi) is 6.45. The van der Waals surface area contributed by atoms with Crippen LogP contribution in [0, 0.1) is 0 Å². The van der Waals surface area contributed by atoms with E-state index < -0.39 is 24.2 Å². The topological polar surface area (TPSA) is 21.3 Å². The second-order valence-electron chi connectivity index (χ2n) is 15.0. The van der Waals surface area contributed by atoms with Gasteiger partial charge in [-0.3, -0.25) is 0 Å². The third-order valence-corrected chi connectivity index (χ3v) is 11.6. The Morgan fingerprint density at radius 2 is 0.951 bits per heavy atom. The lowest BCUT2D eigenvalue weighted by Crippen LogP contribution is -2.10. The second-order valence-corrected chi connectivity index (χ2v) is 15.0. The summed E-state index contributed by atoms with van der Waals surface area (Å²) >= 11 is 0. The molecule has 2 heterocycles. The number of benzene rings is 10. The van der Waals surface area contributed by atoms with Crippen LogP contribution in [0.5, 0.6) is 0 Å². The molecule has 2 aromatic heterocycles. The Morgan fingerprint density at radius 3 is 1.66 bits per heavy atom. The van der Waals surface area contributed by atoms with Crippen LogP contribution in [0.25, 0.3) is 93.6 Å². The lowest BCUT2D eigenvalue weighted by Gasteiger charge is -2.27. The minimum absolute atomic E-state index is 0.0680. The third kappa shape index (κ3) is 5.82. The highest BCUT2D eigenvalue weighted by Gasteiger charge is 2.21. The summed E-state index contributed by atoms with van der Waals surface area (Å²) in [4.78, 5) is 1.37. The van der Waals surface area contributed by atoms with Gasteiger partial charge in [-0.15, -0.1) is 0 Å². The molecule has 0 aliphatic rings. The minimum Gasteiger partial charge on any atom is -0.455 e. The second kappa shape index (κ2) is 14.3. The Hall–Kier alpha value is -8.14. The van der Waals surface area contributed by atoms with Gasteiger partial charge in [0, 0.05) is 38.5 Å². The van der Waals surface area contributed by atoms with Crippen LogP contribution in [-0.2, 0) is 0 Å². The van der Waals surface area contributed by atoms with E-state index in [9.17, 15) is 11.0 Å². The molecule has 12 aromatic rings. The number of nitrogens with zero attached hydrogens (tertiary/aromatic N) is 2. The molecular weight excluding hydrogens is 741 g/mol. The van der Waals surface area contributed by atoms with Crippen molar-refractivity contribution in [3.05, 3.63) is 230 Å². The number of hydrogen-bond acceptors (Lipinski definition) is 2. The molecule has 0 radical (unpaired) electrons. The van der Waals surface area contributed by atoms with Crippen molar-refractivity contribution in [3.63, 3.8) is 0 Å². The lowest BCUT2D eigenvalue weighted by molar-refractivity contribution is 0.672. The van der Waals surface area contributed by atoms with E-state index in [-0.39, 0.29) is 46.7 Å². The molecule has 0 saturated carbocycles. The van der Waals surface area contributed by atoms with E-state index in [1.807, 2.05) is 133 Å². The molecule has 0 atom stereocenters. The first kappa shape index (κ1) is 27.5. The maximum atomic E-state index is 9.94. The van der Waals surface area contributed by atoms with Gasteiger partial charge < -0.3 is 13.9 Å². The number of para-hydroxylation sites is 3. The zero-order valence-corrected chi connectivity index (χ0v) is 32.6. The molecule has 0 amide bonds. The van der Waals surface area contributed by atoms with Crippen LogP contribution in [-0.4, -0.2) is 4.57 Å². The predicted octanol–water partition coefficient (Wildman–Crippen LogP) is 16.3. The number of furan rings is 1. The highest BCUT2D eigenvalue weighted by molar-refractivity contribution is 6.19. The summed E-state index contributed by atoms with van der Waals surface area (Å²) in [6.07, 6.45) is 0. The van der Waals surface area contributed by atoms with Crippen LogP contribution in [0.4, 0.5) is 17.1 Å². The minimum atomic E-state index is -0.435. The highest BCUT2D eigenvalue weighted by Crippen LogP contribution is 2.45. The summed E-state index contributed by atoms with van der Waals surface area (Å²) in [5, 5.41) is 5.07. The van der Waals surface area contributed by atoms with Crippen molar-refractivity contribution in [2.24, 2.45) is 0 Å². The standard InChI is InChI=1S/C58H38N2O/c1-2-13-39(14-3-1)40-25-27-41(28-26-40)42-29-34-45(35-30-42)59(55-23-12-24-56-57(55)51-38-33-43-15-4-5-17-48(43)58(51)61-56)46-36-31-44(32-37-46)47-16-6-9-20-52(47)60-53-21-10-7-18-49(53)50-19-8-11-22-54(50)60/h1-38H/i29D,30D,31D,32D,34D,35D,36D,37D. The summed E-state index contributed by atoms with van der Waals surface area (Å²) in [5.74, 6) is 0. The van der Waals surface area contributed by atoms with Crippen molar-refractivity contribution in [3.8, 4) is 39.1 Å². The summed E-state index contributed by atoms with van der Waals surface area (Å²) in [7, 11) is 0. The van der Waals surface area contributed by atoms with Gasteiger partial charge in [0.15, 0.2) is 0 Å². The molecule has 12 rings (SSSR count). The average molecular weight is 787 g/mol. The number of anilines is 3. The van der Waals surface area contributed by atoms with Gasteiger partial charge in [-0.05, 0) is 93.8 Å². The molecule has 0 fully saturated rings. The Morgan fingerprint density at radius 1 is 0.393 bits per heavy atom. The van der Waals surface area contributed by atoms with Gasteiger partial charge in [0.05, 0.1) is 38.8 Å². The largest absolute Gasteiger partial charge is 0.455 e. The summed E-state index contributed by atoms with van der Waals surface area (Å²) < 4.78 is 86.8. The number of hydrogen-bond donors (Lipinski definition) is 0. The summed E-state index contributed by atoms with van der Waals surface area (Å²) in [6.45, 7) is 0.